The van der Waals surface area contributed by atoms with Crippen LogP contribution in [0, 0.1) is 0 Å². The summed E-state index contributed by atoms with van der Waals surface area (Å²) in [4.78, 5) is 0. The number of nitrogens with one attached hydrogen (secondary N) is 6. The zero-order chi connectivity index (χ0) is 126. The van der Waals surface area contributed by atoms with Gasteiger partial charge in [-0.1, -0.05) is 36.3 Å². The summed E-state index contributed by atoms with van der Waals surface area (Å²) in [7, 11) is 1.75. The third kappa shape index (κ3) is 19.9. The minimum atomic E-state index is -3.85. The molecule has 6 N–H and O–H groups in total. The molecule has 6 atom stereocenters. The molecular weight excluding hydrogens is 1070 g/mol. The van der Waals surface area contributed by atoms with E-state index in [9.17, 15) is 0 Å². The molecule has 6 heterocycles. The molecule has 6 unspecified atom stereocenters. The second-order valence-electron chi connectivity index (χ2n) is 14.3. The molecule has 6 aromatic carbocycles. The van der Waals surface area contributed by atoms with Gasteiger partial charge in [0.15, 0.2) is 69.0 Å². The predicted molar refractivity (Wildman–Crippen MR) is 329 cm³/mol. The van der Waals surface area contributed by atoms with Crippen LogP contribution in [0.25, 0.3) is 0 Å². The molecular formula is C66H90N6O12. The first-order chi connectivity index (χ1) is 70.8. The highest BCUT2D eigenvalue weighted by Crippen LogP contribution is 2.37. The molecule has 84 heavy (non-hydrogen) atoms. The summed E-state index contributed by atoms with van der Waals surface area (Å²) in [5.41, 5.74) is -6.13. The van der Waals surface area contributed by atoms with Gasteiger partial charge in [0, 0.05) is 102 Å². The number of fused-ring (bicyclic) bond motifs is 6. The van der Waals surface area contributed by atoms with E-state index in [1.165, 1.54) is 10.6 Å². The van der Waals surface area contributed by atoms with Gasteiger partial charge >= 0.3 is 0 Å². The zero-order valence-electron chi connectivity index (χ0n) is 118. The first-order valence-electron chi connectivity index (χ1n) is 59.9. The van der Waals surface area contributed by atoms with Crippen molar-refractivity contribution in [3.05, 3.63) is 142 Å². The Morgan fingerprint density at radius 1 is 0.345 bits per heavy atom. The van der Waals surface area contributed by atoms with Crippen molar-refractivity contribution < 1.29 is 161 Å². The molecule has 0 aliphatic carbocycles. The zero-order valence-corrected chi connectivity index (χ0v) is 42.3. The van der Waals surface area contributed by atoms with Crippen LogP contribution in [0.4, 0.5) is 0 Å². The fraction of sp³-hybridized carbons (Fsp3) is 0.455. The van der Waals surface area contributed by atoms with E-state index in [1.807, 2.05) is 0 Å². The summed E-state index contributed by atoms with van der Waals surface area (Å²) in [6, 6.07) is -36.7. The Labute approximate surface area is 604 Å². The van der Waals surface area contributed by atoms with Crippen LogP contribution in [-0.2, 0) is 38.2 Å². The Balaban J connectivity index is 0.000000259. The van der Waals surface area contributed by atoms with E-state index in [2.05, 4.69) is 9.47 Å². The number of likely N-dealkylation sites (N-methyl/N-ethyl adjacent to an activating group) is 6. The largest absolute Gasteiger partial charge is 0.454 e. The molecule has 6 aromatic rings. The lowest BCUT2D eigenvalue weighted by atomic mass is 10.1. The van der Waals surface area contributed by atoms with E-state index in [0.29, 0.717) is 0 Å². The molecule has 0 aromatic heterocycles. The van der Waals surface area contributed by atoms with Crippen molar-refractivity contribution in [1.82, 2.24) is 31.9 Å². The standard InChI is InChI=1S/6C11H15NO2/c6*1-8(12-2)5-9-3-4-10-11(6-9)14-7-13-10/h6*3-4,6,8,12H,5,7H2,1-2H3/i2*1D3,2D3,3D,4D,5D2,6D,7D2,8D;1D3,3D,4D,5D2,6D,7D2,8D;2*1D3,2D3,3D,4D,5D2,6D,8D;1D3,3D,4D,5D2,6D,8D/hD4. The van der Waals surface area contributed by atoms with Crippen LogP contribution in [0.2, 0.25) is 5.65 Å². The molecule has 0 spiro atoms. The van der Waals surface area contributed by atoms with Crippen LogP contribution >= 0.6 is 0 Å². The molecule has 18 heteroatoms. The summed E-state index contributed by atoms with van der Waals surface area (Å²) in [5, 5.41) is 1.67. The molecule has 18 nitrogen and oxygen atoms in total. The second-order valence-corrected chi connectivity index (χ2v) is 14.3. The molecule has 12 rings (SSSR count). The molecule has 6 aliphatic rings. The van der Waals surface area contributed by atoms with E-state index in [-0.39, 0.29) is 53.0 Å². The first kappa shape index (κ1) is 17.4. The van der Waals surface area contributed by atoms with Crippen LogP contribution < -0.4 is 88.7 Å². The van der Waals surface area contributed by atoms with Crippen LogP contribution in [0.5, 0.6) is 69.0 Å². The molecule has 0 amide bonds. The summed E-state index contributed by atoms with van der Waals surface area (Å²) in [6.45, 7) is -44.2. The van der Waals surface area contributed by atoms with Crippen molar-refractivity contribution in [1.29, 1.82) is 0 Å². The minimum Gasteiger partial charge on any atom is -0.454 e. The molecule has 0 saturated heterocycles. The van der Waals surface area contributed by atoms with Gasteiger partial charge in [-0.15, -0.1) is 0 Å². The predicted octanol–water partition coefficient (Wildman–Crippen LogP) is 9.39. The Morgan fingerprint density at radius 2 is 0.571 bits per heavy atom. The lowest BCUT2D eigenvalue weighted by molar-refractivity contribution is 0.173. The van der Waals surface area contributed by atoms with E-state index in [0.717, 1.165) is 14.1 Å². The first-order valence-corrected chi connectivity index (χ1v) is 22.1. The second kappa shape index (κ2) is 33.2. The molecule has 6 aliphatic heterocycles. The SMILES string of the molecule is [2H]c1c([2H])c(C([2H])([2H])C([2H])(N([2H])C([2H])([2H])[2H])C([2H])([2H])[2H])c([2H])c2c1OC([2H])([2H])O2.[2H]c1c([2H])c(C([2H])([2H])C([2H])(N([2H])C([2H])([2H])[2H])C([2H])([2H])[2H])c([2H])c2c1OCO2.[2H]c1c([2H])c(C([2H])([2H])C([2H])(N([2H])C)C([2H])([2H])[2H])c([2H])c2c1OC([2H])([2H])O2.[2H]c1c([2H])c(C([2H])([2H])C([2H])(N([2H])C)C([2H])([2H])[2H])c([2H])c2c1OCO2.[2H]c1c([2H])c(C([2H])([2H])C([2H])(NC([2H])([2H])[2H])C([2H])([2H])[2H])c([2H])c2c1OC([2H])([2H])O2.[2H]c1c([2H])c(C([2H])([2H])C([2H])(NC([2H])([2H])[2H])C([2H])([2H])[2H])c([2H])c2c1OCO2. The normalized spacial score (nSPS) is 35.5. The number of benzene rings is 6. The Kier molecular flexibility index (Phi) is 6.90. The van der Waals surface area contributed by atoms with Gasteiger partial charge in [-0.2, -0.15) is 0 Å². The van der Waals surface area contributed by atoms with Crippen molar-refractivity contribution in [3.63, 3.8) is 0 Å². The highest BCUT2D eigenvalue weighted by atomic mass is 16.7. The van der Waals surface area contributed by atoms with Crippen molar-refractivity contribution in [2.24, 2.45) is 0 Å². The maximum Gasteiger partial charge on any atom is 0.231 e. The van der Waals surface area contributed by atoms with Crippen LogP contribution in [0.1, 0.15) is 173 Å². The topological polar surface area (TPSA) is 183 Å². The van der Waals surface area contributed by atoms with Crippen molar-refractivity contribution in [3.8, 4) is 69.0 Å². The number of rotatable bonds is 18. The fourth-order valence-corrected chi connectivity index (χ4v) is 5.39. The average molecular weight is 1240 g/mol. The third-order valence-electron chi connectivity index (χ3n) is 8.95. The quantitative estimate of drug-likeness (QED) is 0.0478. The third-order valence-corrected chi connectivity index (χ3v) is 8.95. The maximum atomic E-state index is 8.22. The van der Waals surface area contributed by atoms with Crippen LogP contribution in [0.3, 0.4) is 0 Å². The summed E-state index contributed by atoms with van der Waals surface area (Å²) >= 11 is 0. The lowest BCUT2D eigenvalue weighted by Gasteiger charge is -2.10. The highest BCUT2D eigenvalue weighted by molar-refractivity contribution is 5.48. The van der Waals surface area contributed by atoms with E-state index >= 15 is 0 Å². The fourth-order valence-electron chi connectivity index (χ4n) is 5.39. The monoisotopic (exact) mass is 1240 g/mol. The van der Waals surface area contributed by atoms with Gasteiger partial charge in [0.2, 0.25) is 40.6 Å². The number of hydrogen-bond donors (Lipinski definition) is 6. The van der Waals surface area contributed by atoms with Crippen molar-refractivity contribution >= 4 is 0 Å². The maximum absolute atomic E-state index is 8.22. The van der Waals surface area contributed by atoms with E-state index in [4.69, 9.17) is 152 Å². The van der Waals surface area contributed by atoms with Gasteiger partial charge in [0.25, 0.3) is 0 Å². The number of hydrogen-bond acceptors (Lipinski definition) is 18. The van der Waals surface area contributed by atoms with Gasteiger partial charge < -0.3 is 88.7 Å². The van der Waals surface area contributed by atoms with Gasteiger partial charge in [-0.05, 0) is 227 Å². The van der Waals surface area contributed by atoms with Crippen LogP contribution in [-0.4, -0.2) is 119 Å². The summed E-state index contributed by atoms with van der Waals surface area (Å²) < 4.78 is 645. The molecule has 0 fully saturated rings. The van der Waals surface area contributed by atoms with Gasteiger partial charge in [-0.3, -0.25) is 0 Å². The average Bonchev–Trinajstić information content (AvgIpc) is 1.14. The Morgan fingerprint density at radius 3 is 0.821 bits per heavy atom. The molecule has 0 radical (unpaired) electrons. The van der Waals surface area contributed by atoms with Crippen molar-refractivity contribution in [2.45, 2.75) is 115 Å². The van der Waals surface area contributed by atoms with E-state index in [1.54, 1.807) is 0 Å². The highest BCUT2D eigenvalue weighted by Gasteiger charge is 2.19. The summed E-state index contributed by atoms with van der Waals surface area (Å²) in [6.07, 6.45) is -20.6. The smallest absolute Gasteiger partial charge is 0.231 e. The molecule has 0 saturated carbocycles. The Hall–Kier alpha value is -7.32. The Bertz CT molecular complexity index is 6510. The lowest BCUT2D eigenvalue weighted by Crippen LogP contribution is -2.23. The van der Waals surface area contributed by atoms with Crippen LogP contribution in [0.15, 0.2) is 109 Å². The summed E-state index contributed by atoms with van der Waals surface area (Å²) in [5.74, 6) is -6.05. The van der Waals surface area contributed by atoms with Gasteiger partial charge in [0.1, 0.15) is 13.9 Å². The van der Waals surface area contributed by atoms with Crippen molar-refractivity contribution in [2.75, 3.05) is 82.6 Å². The van der Waals surface area contributed by atoms with E-state index < -0.39 is 363 Å². The van der Waals surface area contributed by atoms with Gasteiger partial charge in [-0.25, -0.2) is 0 Å². The minimum absolute atomic E-state index is 0.0619. The van der Waals surface area contributed by atoms with Gasteiger partial charge in [0.05, 0.1) is 24.7 Å². The number of ether oxygens (including phenoxy) is 12. The molecule has 0 bridgehead atoms. The molecule has 456 valence electrons.